The molecule has 0 atom stereocenters. The van der Waals surface area contributed by atoms with Crippen LogP contribution in [0.5, 0.6) is 0 Å². The Morgan fingerprint density at radius 3 is 2.04 bits per heavy atom. The molecule has 3 rings (SSSR count). The molecular formula is C19H20BrF2N3O2Si. The molecule has 0 spiro atoms. The molecule has 148 valence electrons. The summed E-state index contributed by atoms with van der Waals surface area (Å²) in [7, 11) is -2.37. The summed E-state index contributed by atoms with van der Waals surface area (Å²) in [6, 6.07) is 12.9. The number of nitrogens with zero attached hydrogens (tertiary/aromatic N) is 3. The van der Waals surface area contributed by atoms with E-state index in [1.54, 1.807) is 46.2 Å². The van der Waals surface area contributed by atoms with Gasteiger partial charge < -0.3 is 21.7 Å². The Hall–Kier alpha value is -2.39. The number of aromatic nitrogens is 3. The van der Waals surface area contributed by atoms with E-state index in [2.05, 4.69) is 11.6 Å². The lowest BCUT2D eigenvalue weighted by molar-refractivity contribution is -0.737. The van der Waals surface area contributed by atoms with Gasteiger partial charge in [-0.3, -0.25) is 4.79 Å². The average molecular weight is 468 g/mol. The number of halogens is 3. The molecule has 2 aromatic carbocycles. The molecule has 9 heteroatoms. The summed E-state index contributed by atoms with van der Waals surface area (Å²) < 4.78 is 35.2. The van der Waals surface area contributed by atoms with E-state index in [4.69, 9.17) is 4.74 Å². The molecule has 0 fully saturated rings. The van der Waals surface area contributed by atoms with E-state index in [-0.39, 0.29) is 41.3 Å². The number of hydrogen-bond acceptors (Lipinski definition) is 3. The summed E-state index contributed by atoms with van der Waals surface area (Å²) in [5, 5.41) is 6.36. The zero-order valence-electron chi connectivity index (χ0n) is 15.5. The Morgan fingerprint density at radius 2 is 1.57 bits per heavy atom. The number of hydrogen-bond donors (Lipinski definition) is 0. The number of carbonyl (C=O) groups excluding carboxylic acids is 1. The van der Waals surface area contributed by atoms with Crippen molar-refractivity contribution in [2.24, 2.45) is 0 Å². The smallest absolute Gasteiger partial charge is 0.305 e. The molecule has 1 aromatic heterocycles. The second kappa shape index (κ2) is 9.20. The second-order valence-electron chi connectivity index (χ2n) is 6.57. The van der Waals surface area contributed by atoms with Gasteiger partial charge in [0.25, 0.3) is 6.33 Å². The first-order chi connectivity index (χ1) is 12.9. The minimum atomic E-state index is -2.37. The summed E-state index contributed by atoms with van der Waals surface area (Å²) in [4.78, 5) is 11.0. The van der Waals surface area contributed by atoms with Crippen LogP contribution < -0.4 is 32.0 Å². The number of esters is 1. The fraction of sp³-hybridized carbons (Fsp3) is 0.211. The SMILES string of the molecule is CC(=O)OCn1cn[n+](C[Si](C)(c2ccc(F)cc2)c2ccc(F)cc2)c1.[Br-]. The fourth-order valence-electron chi connectivity index (χ4n) is 2.99. The maximum atomic E-state index is 13.4. The zero-order chi connectivity index (χ0) is 19.4. The van der Waals surface area contributed by atoms with Crippen LogP contribution in [0.25, 0.3) is 0 Å². The van der Waals surface area contributed by atoms with E-state index in [1.165, 1.54) is 31.2 Å². The van der Waals surface area contributed by atoms with Crippen LogP contribution in [-0.4, -0.2) is 23.7 Å². The van der Waals surface area contributed by atoms with Crippen LogP contribution in [0.3, 0.4) is 0 Å². The number of carbonyl (C=O) groups is 1. The van der Waals surface area contributed by atoms with Crippen molar-refractivity contribution in [2.45, 2.75) is 26.4 Å². The van der Waals surface area contributed by atoms with Gasteiger partial charge in [-0.05, 0) is 39.7 Å². The summed E-state index contributed by atoms with van der Waals surface area (Å²) in [6.45, 7) is 3.56. The van der Waals surface area contributed by atoms with Crippen LogP contribution in [0, 0.1) is 11.6 Å². The molecular weight excluding hydrogens is 448 g/mol. The Morgan fingerprint density at radius 1 is 1.07 bits per heavy atom. The van der Waals surface area contributed by atoms with E-state index >= 15 is 0 Å². The molecule has 0 saturated carbocycles. The molecule has 0 saturated heterocycles. The van der Waals surface area contributed by atoms with Gasteiger partial charge in [0, 0.05) is 6.92 Å². The summed E-state index contributed by atoms with van der Waals surface area (Å²) in [5.74, 6) is -0.966. The molecule has 0 aliphatic rings. The predicted molar refractivity (Wildman–Crippen MR) is 97.9 cm³/mol. The highest BCUT2D eigenvalue weighted by Crippen LogP contribution is 2.08. The van der Waals surface area contributed by atoms with Crippen molar-refractivity contribution in [1.29, 1.82) is 0 Å². The van der Waals surface area contributed by atoms with E-state index in [1.807, 2.05) is 0 Å². The summed E-state index contributed by atoms with van der Waals surface area (Å²) >= 11 is 0. The van der Waals surface area contributed by atoms with Gasteiger partial charge in [-0.25, -0.2) is 8.78 Å². The molecule has 0 aliphatic carbocycles. The van der Waals surface area contributed by atoms with Gasteiger partial charge >= 0.3 is 5.97 Å². The molecule has 0 aliphatic heterocycles. The van der Waals surface area contributed by atoms with Crippen molar-refractivity contribution in [1.82, 2.24) is 9.67 Å². The molecule has 0 radical (unpaired) electrons. The molecule has 0 N–H and O–H groups in total. The number of ether oxygens (including phenoxy) is 1. The van der Waals surface area contributed by atoms with Crippen LogP contribution in [0.1, 0.15) is 6.92 Å². The van der Waals surface area contributed by atoms with Gasteiger partial charge in [0.2, 0.25) is 13.1 Å². The van der Waals surface area contributed by atoms with E-state index in [0.717, 1.165) is 10.4 Å². The van der Waals surface area contributed by atoms with Crippen LogP contribution in [0.4, 0.5) is 8.78 Å². The summed E-state index contributed by atoms with van der Waals surface area (Å²) in [6.07, 6.45) is 3.89. The van der Waals surface area contributed by atoms with Crippen LogP contribution >= 0.6 is 0 Å². The van der Waals surface area contributed by atoms with E-state index < -0.39 is 8.07 Å². The molecule has 0 unspecified atom stereocenters. The summed E-state index contributed by atoms with van der Waals surface area (Å²) in [5.41, 5.74) is 0. The van der Waals surface area contributed by atoms with Gasteiger partial charge in [-0.2, -0.15) is 4.57 Å². The van der Waals surface area contributed by atoms with Crippen molar-refractivity contribution in [3.8, 4) is 0 Å². The van der Waals surface area contributed by atoms with Crippen molar-refractivity contribution in [3.05, 3.63) is 72.8 Å². The maximum absolute atomic E-state index is 13.4. The molecule has 3 aromatic rings. The van der Waals surface area contributed by atoms with Crippen LogP contribution in [0.2, 0.25) is 6.55 Å². The molecule has 1 heterocycles. The van der Waals surface area contributed by atoms with Crippen molar-refractivity contribution < 1.29 is 40.0 Å². The molecule has 0 amide bonds. The van der Waals surface area contributed by atoms with Gasteiger partial charge in [0.1, 0.15) is 17.8 Å². The highest BCUT2D eigenvalue weighted by atomic mass is 79.9. The quantitative estimate of drug-likeness (QED) is 0.249. The van der Waals surface area contributed by atoms with Crippen molar-refractivity contribution in [2.75, 3.05) is 0 Å². The van der Waals surface area contributed by atoms with Crippen molar-refractivity contribution in [3.63, 3.8) is 0 Å². The standard InChI is InChI=1S/C19H20F2N3O2Si.BrH/c1-15(25)26-13-23-11-22-24(12-23)14-27(2,18-7-3-16(20)4-8-18)19-9-5-17(21)6-10-19;/h3-12H,13-14H2,1-2H3;1H/q+1;/p-1. The highest BCUT2D eigenvalue weighted by molar-refractivity contribution is 7.00. The van der Waals surface area contributed by atoms with Gasteiger partial charge in [0.15, 0.2) is 8.07 Å². The lowest BCUT2D eigenvalue weighted by Gasteiger charge is -2.26. The zero-order valence-corrected chi connectivity index (χ0v) is 18.1. The van der Waals surface area contributed by atoms with Gasteiger partial charge in [-0.1, -0.05) is 30.8 Å². The first-order valence-corrected chi connectivity index (χ1v) is 11.1. The Labute approximate surface area is 173 Å². The topological polar surface area (TPSA) is 48.0 Å². The highest BCUT2D eigenvalue weighted by Gasteiger charge is 2.36. The minimum absolute atomic E-state index is 0. The molecule has 0 bridgehead atoms. The average Bonchev–Trinajstić information content (AvgIpc) is 3.08. The van der Waals surface area contributed by atoms with Crippen molar-refractivity contribution >= 4 is 24.4 Å². The Kier molecular flexibility index (Phi) is 7.20. The first kappa shape index (κ1) is 21.9. The number of benzene rings is 2. The normalized spacial score (nSPS) is 11.0. The fourth-order valence-corrected chi connectivity index (χ4v) is 6.30. The second-order valence-corrected chi connectivity index (χ2v) is 10.7. The third kappa shape index (κ3) is 5.11. The third-order valence-electron chi connectivity index (χ3n) is 4.49. The Bertz CT molecular complexity index is 888. The Balaban J connectivity index is 0.00000280. The minimum Gasteiger partial charge on any atom is -1.00 e. The maximum Gasteiger partial charge on any atom is 0.305 e. The largest absolute Gasteiger partial charge is 1.00 e. The van der Waals surface area contributed by atoms with Crippen LogP contribution in [-0.2, 0) is 22.4 Å². The molecule has 5 nitrogen and oxygen atoms in total. The monoisotopic (exact) mass is 467 g/mol. The van der Waals surface area contributed by atoms with Crippen LogP contribution in [0.15, 0.2) is 61.2 Å². The van der Waals surface area contributed by atoms with E-state index in [0.29, 0.717) is 6.17 Å². The molecule has 28 heavy (non-hydrogen) atoms. The third-order valence-corrected chi connectivity index (χ3v) is 8.66. The first-order valence-electron chi connectivity index (χ1n) is 8.44. The van der Waals surface area contributed by atoms with E-state index in [9.17, 15) is 13.6 Å². The van der Waals surface area contributed by atoms with Gasteiger partial charge in [-0.15, -0.1) is 4.68 Å². The lowest BCUT2D eigenvalue weighted by atomic mass is 10.3. The number of rotatable bonds is 6. The predicted octanol–water partition coefficient (Wildman–Crippen LogP) is -1.59. The van der Waals surface area contributed by atoms with Gasteiger partial charge in [0.05, 0.1) is 0 Å². The lowest BCUT2D eigenvalue weighted by Crippen LogP contribution is -3.00.